The molecule has 3 aromatic rings. The highest BCUT2D eigenvalue weighted by Gasteiger charge is 2.15. The molecule has 3 rings (SSSR count). The van der Waals surface area contributed by atoms with Gasteiger partial charge in [0.15, 0.2) is 5.96 Å². The first kappa shape index (κ1) is 19.6. The summed E-state index contributed by atoms with van der Waals surface area (Å²) in [6.07, 6.45) is 1.87. The summed E-state index contributed by atoms with van der Waals surface area (Å²) in [5, 5.41) is 7.35. The number of hydrogen-bond donors (Lipinski definition) is 2. The molecule has 6 nitrogen and oxygen atoms in total. The van der Waals surface area contributed by atoms with Crippen molar-refractivity contribution < 1.29 is 4.52 Å². The molecule has 0 saturated heterocycles. The van der Waals surface area contributed by atoms with Crippen LogP contribution in [0.3, 0.4) is 0 Å². The first-order chi connectivity index (χ1) is 13.6. The summed E-state index contributed by atoms with van der Waals surface area (Å²) in [5.74, 6) is 1.50. The van der Waals surface area contributed by atoms with Crippen molar-refractivity contribution in [3.63, 3.8) is 0 Å². The van der Waals surface area contributed by atoms with Crippen LogP contribution in [0.5, 0.6) is 0 Å². The van der Waals surface area contributed by atoms with Crippen LogP contribution in [0.25, 0.3) is 11.4 Å². The fourth-order valence-corrected chi connectivity index (χ4v) is 3.02. The van der Waals surface area contributed by atoms with Crippen molar-refractivity contribution in [3.05, 3.63) is 65.5 Å². The first-order valence-electron chi connectivity index (χ1n) is 9.69. The van der Waals surface area contributed by atoms with Gasteiger partial charge >= 0.3 is 0 Å². The number of aromatic nitrogens is 2. The Labute approximate surface area is 165 Å². The number of guanidine groups is 1. The highest BCUT2D eigenvalue weighted by atomic mass is 16.5. The van der Waals surface area contributed by atoms with E-state index in [2.05, 4.69) is 52.5 Å². The molecule has 1 unspecified atom stereocenters. The number of aryl methyl sites for hydroxylation is 2. The molecular formula is C22H27N5O. The zero-order chi connectivity index (χ0) is 19.9. The van der Waals surface area contributed by atoms with E-state index >= 15 is 0 Å². The molecule has 1 atom stereocenters. The van der Waals surface area contributed by atoms with Crippen molar-refractivity contribution in [2.45, 2.75) is 39.5 Å². The van der Waals surface area contributed by atoms with Crippen LogP contribution in [0, 0.1) is 0 Å². The molecule has 0 radical (unpaired) electrons. The normalized spacial score (nSPS) is 12.8. The van der Waals surface area contributed by atoms with Crippen LogP contribution in [0.2, 0.25) is 0 Å². The molecule has 0 amide bonds. The van der Waals surface area contributed by atoms with Crippen LogP contribution in [0.4, 0.5) is 5.69 Å². The van der Waals surface area contributed by atoms with Gasteiger partial charge in [-0.25, -0.2) is 0 Å². The van der Waals surface area contributed by atoms with Crippen LogP contribution >= 0.6 is 0 Å². The number of rotatable bonds is 7. The van der Waals surface area contributed by atoms with Crippen molar-refractivity contribution in [3.8, 4) is 11.4 Å². The number of nitrogens with zero attached hydrogens (tertiary/aromatic N) is 3. The highest BCUT2D eigenvalue weighted by molar-refractivity contribution is 5.93. The van der Waals surface area contributed by atoms with Gasteiger partial charge in [0.2, 0.25) is 11.7 Å². The third-order valence-electron chi connectivity index (χ3n) is 4.68. The Morgan fingerprint density at radius 1 is 1.07 bits per heavy atom. The number of aliphatic imine (C=N–C) groups is 1. The Balaban J connectivity index is 1.68. The standard InChI is InChI=1S/C22H27N5O/c1-4-16-12-9-13-17(5-2)19(16)25-22(23)24-14-15(3)21-26-20(27-28-21)18-10-7-6-8-11-18/h6-13,15H,4-5,14H2,1-3H3,(H3,23,24,25). The monoisotopic (exact) mass is 377 g/mol. The lowest BCUT2D eigenvalue weighted by Crippen LogP contribution is -2.25. The van der Waals surface area contributed by atoms with E-state index in [0.717, 1.165) is 24.1 Å². The quantitative estimate of drug-likeness (QED) is 0.471. The second-order valence-electron chi connectivity index (χ2n) is 6.73. The molecule has 0 aliphatic heterocycles. The number of anilines is 1. The van der Waals surface area contributed by atoms with Gasteiger partial charge < -0.3 is 15.6 Å². The van der Waals surface area contributed by atoms with Crippen molar-refractivity contribution in [1.82, 2.24) is 10.1 Å². The van der Waals surface area contributed by atoms with E-state index < -0.39 is 0 Å². The topological polar surface area (TPSA) is 89.3 Å². The van der Waals surface area contributed by atoms with Gasteiger partial charge in [0.25, 0.3) is 0 Å². The van der Waals surface area contributed by atoms with Crippen LogP contribution in [-0.2, 0) is 12.8 Å². The Bertz CT molecular complexity index is 911. The molecule has 0 bridgehead atoms. The maximum atomic E-state index is 6.15. The predicted octanol–water partition coefficient (Wildman–Crippen LogP) is 4.39. The average molecular weight is 377 g/mol. The smallest absolute Gasteiger partial charge is 0.231 e. The lowest BCUT2D eigenvalue weighted by Gasteiger charge is -2.15. The maximum Gasteiger partial charge on any atom is 0.231 e. The van der Waals surface area contributed by atoms with E-state index in [9.17, 15) is 0 Å². The molecule has 6 heteroatoms. The van der Waals surface area contributed by atoms with Crippen molar-refractivity contribution in [2.24, 2.45) is 10.7 Å². The SMILES string of the molecule is CCc1cccc(CC)c1NC(N)=NCC(C)c1nc(-c2ccccc2)no1. The highest BCUT2D eigenvalue weighted by Crippen LogP contribution is 2.23. The third kappa shape index (κ3) is 4.57. The Morgan fingerprint density at radius 3 is 2.39 bits per heavy atom. The largest absolute Gasteiger partial charge is 0.370 e. The first-order valence-corrected chi connectivity index (χ1v) is 9.69. The minimum Gasteiger partial charge on any atom is -0.370 e. The molecule has 3 N–H and O–H groups in total. The second-order valence-corrected chi connectivity index (χ2v) is 6.73. The summed E-state index contributed by atoms with van der Waals surface area (Å²) in [6.45, 7) is 6.73. The van der Waals surface area contributed by atoms with Crippen LogP contribution in [0.1, 0.15) is 43.7 Å². The Morgan fingerprint density at radius 2 is 1.75 bits per heavy atom. The van der Waals surface area contributed by atoms with Gasteiger partial charge in [0, 0.05) is 11.3 Å². The molecular weight excluding hydrogens is 350 g/mol. The summed E-state index contributed by atoms with van der Waals surface area (Å²) in [4.78, 5) is 8.97. The molecule has 1 heterocycles. The Hall–Kier alpha value is -3.15. The molecule has 28 heavy (non-hydrogen) atoms. The van der Waals surface area contributed by atoms with E-state index in [1.807, 2.05) is 37.3 Å². The zero-order valence-electron chi connectivity index (χ0n) is 16.6. The van der Waals surface area contributed by atoms with Gasteiger partial charge in [0.1, 0.15) is 0 Å². The van der Waals surface area contributed by atoms with Gasteiger partial charge in [-0.1, -0.05) is 74.5 Å². The number of nitrogens with two attached hydrogens (primary N) is 1. The van der Waals surface area contributed by atoms with Gasteiger partial charge in [-0.3, -0.25) is 4.99 Å². The predicted molar refractivity (Wildman–Crippen MR) is 113 cm³/mol. The molecule has 146 valence electrons. The van der Waals surface area contributed by atoms with E-state index in [-0.39, 0.29) is 5.92 Å². The minimum atomic E-state index is -0.0302. The molecule has 0 aliphatic rings. The van der Waals surface area contributed by atoms with Crippen LogP contribution in [0.15, 0.2) is 58.0 Å². The van der Waals surface area contributed by atoms with E-state index in [1.165, 1.54) is 11.1 Å². The van der Waals surface area contributed by atoms with E-state index in [4.69, 9.17) is 10.3 Å². The molecule has 1 aromatic heterocycles. The lowest BCUT2D eigenvalue weighted by molar-refractivity contribution is 0.361. The summed E-state index contributed by atoms with van der Waals surface area (Å²) in [7, 11) is 0. The van der Waals surface area contributed by atoms with Crippen LogP contribution in [-0.4, -0.2) is 22.6 Å². The number of benzene rings is 2. The van der Waals surface area contributed by atoms with Crippen molar-refractivity contribution in [1.29, 1.82) is 0 Å². The molecule has 0 fully saturated rings. The van der Waals surface area contributed by atoms with Gasteiger partial charge in [-0.15, -0.1) is 0 Å². The number of para-hydroxylation sites is 1. The van der Waals surface area contributed by atoms with E-state index in [1.54, 1.807) is 0 Å². The fourth-order valence-electron chi connectivity index (χ4n) is 3.02. The average Bonchev–Trinajstić information content (AvgIpc) is 3.23. The number of hydrogen-bond acceptors (Lipinski definition) is 4. The van der Waals surface area contributed by atoms with Crippen molar-refractivity contribution >= 4 is 11.6 Å². The van der Waals surface area contributed by atoms with Gasteiger partial charge in [-0.05, 0) is 24.0 Å². The molecule has 0 aliphatic carbocycles. The summed E-state index contributed by atoms with van der Waals surface area (Å²) < 4.78 is 5.41. The molecule has 2 aromatic carbocycles. The Kier molecular flexibility index (Phi) is 6.42. The van der Waals surface area contributed by atoms with E-state index in [0.29, 0.717) is 24.2 Å². The third-order valence-corrected chi connectivity index (χ3v) is 4.68. The zero-order valence-corrected chi connectivity index (χ0v) is 16.6. The fraction of sp³-hybridized carbons (Fsp3) is 0.318. The summed E-state index contributed by atoms with van der Waals surface area (Å²) in [6, 6.07) is 16.1. The lowest BCUT2D eigenvalue weighted by atomic mass is 10.0. The minimum absolute atomic E-state index is 0.0302. The van der Waals surface area contributed by atoms with Gasteiger partial charge in [-0.2, -0.15) is 4.98 Å². The van der Waals surface area contributed by atoms with Crippen LogP contribution < -0.4 is 11.1 Å². The number of nitrogens with one attached hydrogen (secondary N) is 1. The van der Waals surface area contributed by atoms with Gasteiger partial charge in [0.05, 0.1) is 12.5 Å². The molecule has 0 saturated carbocycles. The summed E-state index contributed by atoms with van der Waals surface area (Å²) >= 11 is 0. The molecule has 0 spiro atoms. The maximum absolute atomic E-state index is 6.15. The van der Waals surface area contributed by atoms with Crippen molar-refractivity contribution in [2.75, 3.05) is 11.9 Å². The second kappa shape index (κ2) is 9.17. The summed E-state index contributed by atoms with van der Waals surface area (Å²) in [5.41, 5.74) is 10.6.